The van der Waals surface area contributed by atoms with E-state index in [4.69, 9.17) is 10.7 Å². The Balaban J connectivity index is 1.53. The van der Waals surface area contributed by atoms with Crippen LogP contribution in [0.15, 0.2) is 4.99 Å². The van der Waals surface area contributed by atoms with Crippen molar-refractivity contribution in [1.29, 1.82) is 0 Å². The molecule has 3 nitrogen and oxygen atoms in total. The number of aliphatic imine (C=N–C) groups is 1. The van der Waals surface area contributed by atoms with Crippen LogP contribution in [0.2, 0.25) is 0 Å². The van der Waals surface area contributed by atoms with Crippen molar-refractivity contribution in [2.24, 2.45) is 39.8 Å². The molecule has 5 fully saturated rings. The molecule has 122 valence electrons. The molecule has 2 aliphatic heterocycles. The largest absolute Gasteiger partial charge is 0.325 e. The Hall–Kier alpha value is -0.410. The van der Waals surface area contributed by atoms with E-state index in [0.717, 1.165) is 30.3 Å². The maximum Gasteiger partial charge on any atom is 0.0428 e. The second-order valence-electron chi connectivity index (χ2n) is 9.60. The Morgan fingerprint density at radius 1 is 1.18 bits per heavy atom. The molecule has 4 saturated carbocycles. The molecule has 5 atom stereocenters. The van der Waals surface area contributed by atoms with Gasteiger partial charge in [0.1, 0.15) is 0 Å². The molecular weight excluding hydrogens is 270 g/mol. The van der Waals surface area contributed by atoms with Crippen LogP contribution in [0.25, 0.3) is 0 Å². The molecule has 4 bridgehead atoms. The molecule has 1 saturated heterocycles. The average Bonchev–Trinajstić information content (AvgIpc) is 2.44. The summed E-state index contributed by atoms with van der Waals surface area (Å²) in [6.07, 6.45) is 13.4. The first-order valence-corrected chi connectivity index (χ1v) is 9.56. The summed E-state index contributed by atoms with van der Waals surface area (Å²) in [5.41, 5.74) is 7.51. The summed E-state index contributed by atoms with van der Waals surface area (Å²) in [6, 6.07) is 0.742. The first kappa shape index (κ1) is 14.0. The number of nitrogens with two attached hydrogens (primary N) is 1. The molecular formula is C19H31N3. The van der Waals surface area contributed by atoms with Gasteiger partial charge in [0, 0.05) is 30.3 Å². The van der Waals surface area contributed by atoms with E-state index in [2.05, 4.69) is 18.2 Å². The van der Waals surface area contributed by atoms with Gasteiger partial charge in [-0.1, -0.05) is 0 Å². The van der Waals surface area contributed by atoms with Crippen LogP contribution in [0.1, 0.15) is 51.4 Å². The van der Waals surface area contributed by atoms with Crippen LogP contribution in [0, 0.1) is 29.1 Å². The van der Waals surface area contributed by atoms with Gasteiger partial charge >= 0.3 is 0 Å². The lowest BCUT2D eigenvalue weighted by Gasteiger charge is -2.65. The number of likely N-dealkylation sites (tertiary alicyclic amines) is 1. The minimum Gasteiger partial charge on any atom is -0.325 e. The van der Waals surface area contributed by atoms with Crippen molar-refractivity contribution in [2.45, 2.75) is 62.9 Å². The van der Waals surface area contributed by atoms with Gasteiger partial charge in [-0.25, -0.2) is 0 Å². The molecule has 6 rings (SSSR count). The fourth-order valence-electron chi connectivity index (χ4n) is 7.76. The molecule has 2 N–H and O–H groups in total. The quantitative estimate of drug-likeness (QED) is 0.809. The number of hydrogen-bond acceptors (Lipinski definition) is 3. The Kier molecular flexibility index (Phi) is 2.90. The zero-order chi connectivity index (χ0) is 14.9. The van der Waals surface area contributed by atoms with Crippen molar-refractivity contribution in [3.05, 3.63) is 0 Å². The molecule has 3 heteroatoms. The minimum absolute atomic E-state index is 0.165. The fraction of sp³-hybridized carbons (Fsp3) is 0.947. The number of hydrogen-bond donors (Lipinski definition) is 1. The first-order chi connectivity index (χ1) is 10.6. The zero-order valence-corrected chi connectivity index (χ0v) is 14.0. The molecule has 2 heterocycles. The molecule has 0 aromatic heterocycles. The van der Waals surface area contributed by atoms with Crippen LogP contribution in [0.4, 0.5) is 0 Å². The maximum absolute atomic E-state index is 6.86. The normalized spacial score (nSPS) is 57.1. The summed E-state index contributed by atoms with van der Waals surface area (Å²) in [5.74, 6) is 3.30. The lowest BCUT2D eigenvalue weighted by atomic mass is 9.43. The number of piperidine rings is 1. The highest BCUT2D eigenvalue weighted by Crippen LogP contribution is 2.64. The van der Waals surface area contributed by atoms with E-state index >= 15 is 0 Å². The molecule has 0 spiro atoms. The first-order valence-electron chi connectivity index (χ1n) is 9.56. The third kappa shape index (κ3) is 1.91. The van der Waals surface area contributed by atoms with Crippen LogP contribution in [0.3, 0.4) is 0 Å². The fourth-order valence-corrected chi connectivity index (χ4v) is 7.76. The Morgan fingerprint density at radius 2 is 1.95 bits per heavy atom. The lowest BCUT2D eigenvalue weighted by molar-refractivity contribution is -0.107. The monoisotopic (exact) mass is 301 g/mol. The van der Waals surface area contributed by atoms with Gasteiger partial charge in [0.15, 0.2) is 0 Å². The Morgan fingerprint density at radius 3 is 2.68 bits per heavy atom. The van der Waals surface area contributed by atoms with Crippen LogP contribution < -0.4 is 5.73 Å². The highest BCUT2D eigenvalue weighted by Gasteiger charge is 2.60. The predicted octanol–water partition coefficient (Wildman–Crippen LogP) is 2.70. The maximum atomic E-state index is 6.86. The van der Waals surface area contributed by atoms with E-state index in [9.17, 15) is 0 Å². The summed E-state index contributed by atoms with van der Waals surface area (Å²) in [7, 11) is 2.36. The lowest BCUT2D eigenvalue weighted by Crippen LogP contribution is -2.65. The second-order valence-corrected chi connectivity index (χ2v) is 9.60. The van der Waals surface area contributed by atoms with Crippen molar-refractivity contribution in [1.82, 2.24) is 4.90 Å². The van der Waals surface area contributed by atoms with E-state index in [1.807, 2.05) is 0 Å². The molecule has 6 aliphatic rings. The van der Waals surface area contributed by atoms with Gasteiger partial charge in [-0.2, -0.15) is 0 Å². The van der Waals surface area contributed by atoms with Gasteiger partial charge in [-0.05, 0) is 88.1 Å². The van der Waals surface area contributed by atoms with Crippen LogP contribution in [0.5, 0.6) is 0 Å². The van der Waals surface area contributed by atoms with Gasteiger partial charge < -0.3 is 10.6 Å². The molecule has 22 heavy (non-hydrogen) atoms. The highest BCUT2D eigenvalue weighted by atomic mass is 15.2. The molecule has 0 amide bonds. The summed E-state index contributed by atoms with van der Waals surface area (Å²) in [6.45, 7) is 2.35. The van der Waals surface area contributed by atoms with E-state index in [0.29, 0.717) is 11.3 Å². The molecule has 0 radical (unpaired) electrons. The summed E-state index contributed by atoms with van der Waals surface area (Å²) < 4.78 is 0. The van der Waals surface area contributed by atoms with E-state index < -0.39 is 0 Å². The van der Waals surface area contributed by atoms with Crippen LogP contribution in [-0.4, -0.2) is 42.8 Å². The van der Waals surface area contributed by atoms with E-state index in [1.54, 1.807) is 0 Å². The molecule has 0 aromatic rings. The smallest absolute Gasteiger partial charge is 0.0428 e. The minimum atomic E-state index is 0.165. The van der Waals surface area contributed by atoms with Crippen molar-refractivity contribution in [3.63, 3.8) is 0 Å². The molecule has 0 aromatic carbocycles. The zero-order valence-electron chi connectivity index (χ0n) is 14.0. The van der Waals surface area contributed by atoms with Gasteiger partial charge in [-0.15, -0.1) is 0 Å². The number of fused-ring (bicyclic) bond motifs is 1. The Bertz CT molecular complexity index is 485. The third-order valence-electron chi connectivity index (χ3n) is 7.91. The van der Waals surface area contributed by atoms with Crippen molar-refractivity contribution in [3.8, 4) is 0 Å². The van der Waals surface area contributed by atoms with E-state index in [-0.39, 0.29) is 5.54 Å². The summed E-state index contributed by atoms with van der Waals surface area (Å²) >= 11 is 0. The van der Waals surface area contributed by atoms with Crippen molar-refractivity contribution in [2.75, 3.05) is 20.1 Å². The number of nitrogens with zero attached hydrogens (tertiary/aromatic N) is 2. The van der Waals surface area contributed by atoms with E-state index in [1.165, 1.54) is 57.9 Å². The predicted molar refractivity (Wildman–Crippen MR) is 90.0 cm³/mol. The van der Waals surface area contributed by atoms with Gasteiger partial charge in [0.25, 0.3) is 0 Å². The topological polar surface area (TPSA) is 41.6 Å². The second kappa shape index (κ2) is 4.57. The molecule has 4 aliphatic carbocycles. The highest BCUT2D eigenvalue weighted by molar-refractivity contribution is 5.65. The SMILES string of the molecule is CN1CCCC2CN=CC(C34CC5CC(CC(N)(C5)C3)C4)C21. The van der Waals surface area contributed by atoms with Crippen LogP contribution >= 0.6 is 0 Å². The van der Waals surface area contributed by atoms with Crippen LogP contribution in [-0.2, 0) is 0 Å². The van der Waals surface area contributed by atoms with Gasteiger partial charge in [0.05, 0.1) is 0 Å². The standard InChI is InChI=1S/C19H31N3/c1-22-4-2-3-15-10-21-11-16(17(15)22)18-6-13-5-14(7-18)9-19(20,8-13)12-18/h11,13-17H,2-10,12,20H2,1H3. The Labute approximate surface area is 134 Å². The van der Waals surface area contributed by atoms with Crippen molar-refractivity contribution >= 4 is 6.21 Å². The van der Waals surface area contributed by atoms with Crippen molar-refractivity contribution < 1.29 is 0 Å². The summed E-state index contributed by atoms with van der Waals surface area (Å²) in [5, 5.41) is 0. The summed E-state index contributed by atoms with van der Waals surface area (Å²) in [4.78, 5) is 7.54. The third-order valence-corrected chi connectivity index (χ3v) is 7.91. The average molecular weight is 301 g/mol. The molecule has 5 unspecified atom stereocenters. The van der Waals surface area contributed by atoms with Gasteiger partial charge in [-0.3, -0.25) is 4.99 Å². The van der Waals surface area contributed by atoms with Gasteiger partial charge in [0.2, 0.25) is 0 Å². The number of rotatable bonds is 1.